The van der Waals surface area contributed by atoms with Crippen LogP contribution in [0.2, 0.25) is 0 Å². The average Bonchev–Trinajstić information content (AvgIpc) is 2.17. The summed E-state index contributed by atoms with van der Waals surface area (Å²) in [5.74, 6) is 0. The highest BCUT2D eigenvalue weighted by Crippen LogP contribution is 2.21. The maximum Gasteiger partial charge on any atom is 0.150 e. The molecular weight excluding hydrogens is 181 g/mol. The number of benzene rings is 1. The smallest absolute Gasteiger partial charge is 0.150 e. The minimum absolute atomic E-state index is 0.788. The Morgan fingerprint density at radius 2 is 2.23 bits per heavy atom. The molecule has 1 aliphatic rings. The quantitative estimate of drug-likeness (QED) is 0.499. The van der Waals surface area contributed by atoms with Crippen LogP contribution >= 0.6 is 9.39 Å². The molecule has 0 aromatic heterocycles. The van der Waals surface area contributed by atoms with Crippen LogP contribution < -0.4 is 0 Å². The van der Waals surface area contributed by atoms with Crippen LogP contribution in [0.25, 0.3) is 0 Å². The number of carbonyl (C=O) groups excluding carboxylic acids is 1. The number of hydrogen-bond donors (Lipinski definition) is 0. The molecule has 0 saturated heterocycles. The third-order valence-corrected chi connectivity index (χ3v) is 2.85. The van der Waals surface area contributed by atoms with Crippen LogP contribution in [0, 0.1) is 0 Å². The second kappa shape index (κ2) is 3.57. The van der Waals surface area contributed by atoms with Crippen LogP contribution in [-0.4, -0.2) is 17.5 Å². The molecule has 0 bridgehead atoms. The third kappa shape index (κ3) is 1.79. The summed E-state index contributed by atoms with van der Waals surface area (Å²) < 4.78 is 2.21. The van der Waals surface area contributed by atoms with Gasteiger partial charge in [0.2, 0.25) is 0 Å². The molecule has 0 radical (unpaired) electrons. The summed E-state index contributed by atoms with van der Waals surface area (Å²) in [4.78, 5) is 10.5. The lowest BCUT2D eigenvalue weighted by Gasteiger charge is -2.24. The summed E-state index contributed by atoms with van der Waals surface area (Å²) in [6.07, 6.45) is 1.95. The highest BCUT2D eigenvalue weighted by Gasteiger charge is 2.12. The topological polar surface area (TPSA) is 20.3 Å². The van der Waals surface area contributed by atoms with Crippen molar-refractivity contribution in [1.82, 2.24) is 4.67 Å². The molecule has 1 aromatic carbocycles. The van der Waals surface area contributed by atoms with Gasteiger partial charge in [0.1, 0.15) is 6.29 Å². The monoisotopic (exact) mass is 193 g/mol. The van der Waals surface area contributed by atoms with Crippen molar-refractivity contribution in [2.75, 3.05) is 6.54 Å². The Kier molecular flexibility index (Phi) is 2.43. The van der Waals surface area contributed by atoms with Gasteiger partial charge < -0.3 is 0 Å². The first-order chi connectivity index (χ1) is 6.29. The summed E-state index contributed by atoms with van der Waals surface area (Å²) in [6, 6.07) is 5.94. The molecule has 0 N–H and O–H groups in total. The van der Waals surface area contributed by atoms with Gasteiger partial charge in [-0.3, -0.25) is 9.46 Å². The maximum atomic E-state index is 10.5. The van der Waals surface area contributed by atoms with Gasteiger partial charge in [-0.05, 0) is 23.6 Å². The lowest BCUT2D eigenvalue weighted by molar-refractivity contribution is 0.112. The van der Waals surface area contributed by atoms with Crippen molar-refractivity contribution in [1.29, 1.82) is 0 Å². The standard InChI is InChI=1S/C10H12NOP/c12-7-8-1-2-10-6-11(13)4-3-9(10)5-8/h1-2,5,7H,3-4,6,13H2. The molecular formula is C10H12NOP. The minimum atomic E-state index is 0.788. The molecule has 1 aliphatic heterocycles. The van der Waals surface area contributed by atoms with Crippen molar-refractivity contribution < 1.29 is 4.79 Å². The van der Waals surface area contributed by atoms with E-state index < -0.39 is 0 Å². The summed E-state index contributed by atoms with van der Waals surface area (Å²) in [5, 5.41) is 0. The zero-order valence-corrected chi connectivity index (χ0v) is 8.52. The Balaban J connectivity index is 2.36. The van der Waals surface area contributed by atoms with Gasteiger partial charge in [0.25, 0.3) is 0 Å². The van der Waals surface area contributed by atoms with Crippen molar-refractivity contribution in [2.24, 2.45) is 0 Å². The Labute approximate surface area is 80.2 Å². The van der Waals surface area contributed by atoms with Crippen molar-refractivity contribution in [3.8, 4) is 0 Å². The predicted molar refractivity (Wildman–Crippen MR) is 55.7 cm³/mol. The summed E-state index contributed by atoms with van der Waals surface area (Å²) in [7, 11) is 2.72. The van der Waals surface area contributed by atoms with E-state index in [-0.39, 0.29) is 0 Å². The van der Waals surface area contributed by atoms with Crippen molar-refractivity contribution >= 4 is 15.7 Å². The van der Waals surface area contributed by atoms with E-state index in [1.807, 2.05) is 12.1 Å². The van der Waals surface area contributed by atoms with Gasteiger partial charge in [0, 0.05) is 18.7 Å². The number of carbonyl (C=O) groups is 1. The molecule has 0 amide bonds. The average molecular weight is 193 g/mol. The van der Waals surface area contributed by atoms with E-state index in [1.165, 1.54) is 11.1 Å². The summed E-state index contributed by atoms with van der Waals surface area (Å²) >= 11 is 0. The van der Waals surface area contributed by atoms with Crippen LogP contribution in [0.15, 0.2) is 18.2 Å². The summed E-state index contributed by atoms with van der Waals surface area (Å²) in [5.41, 5.74) is 3.45. The van der Waals surface area contributed by atoms with Gasteiger partial charge >= 0.3 is 0 Å². The van der Waals surface area contributed by atoms with E-state index in [0.29, 0.717) is 0 Å². The Morgan fingerprint density at radius 1 is 1.38 bits per heavy atom. The molecule has 68 valence electrons. The lowest BCUT2D eigenvalue weighted by atomic mass is 9.99. The molecule has 1 unspecified atom stereocenters. The minimum Gasteiger partial charge on any atom is -0.298 e. The fraction of sp³-hybridized carbons (Fsp3) is 0.300. The van der Waals surface area contributed by atoms with E-state index in [4.69, 9.17) is 0 Å². The number of fused-ring (bicyclic) bond motifs is 1. The molecule has 0 fully saturated rings. The Hall–Kier alpha value is -0.720. The SMILES string of the molecule is O=Cc1ccc2c(c1)CCN(P)C2. The number of rotatable bonds is 1. The highest BCUT2D eigenvalue weighted by molar-refractivity contribution is 7.13. The first-order valence-electron chi connectivity index (χ1n) is 4.36. The molecule has 0 spiro atoms. The number of aldehydes is 1. The van der Waals surface area contributed by atoms with Crippen molar-refractivity contribution in [3.05, 3.63) is 34.9 Å². The normalized spacial score (nSPS) is 16.7. The third-order valence-electron chi connectivity index (χ3n) is 2.41. The summed E-state index contributed by atoms with van der Waals surface area (Å²) in [6.45, 7) is 2.03. The molecule has 13 heavy (non-hydrogen) atoms. The number of nitrogens with zero attached hydrogens (tertiary/aromatic N) is 1. The highest BCUT2D eigenvalue weighted by atomic mass is 31.0. The first kappa shape index (κ1) is 8.86. The molecule has 2 rings (SSSR count). The zero-order valence-electron chi connectivity index (χ0n) is 7.36. The van der Waals surface area contributed by atoms with Crippen molar-refractivity contribution in [3.63, 3.8) is 0 Å². The molecule has 0 aliphatic carbocycles. The fourth-order valence-corrected chi connectivity index (χ4v) is 1.99. The lowest BCUT2D eigenvalue weighted by Crippen LogP contribution is -2.21. The van der Waals surface area contributed by atoms with Crippen LogP contribution in [-0.2, 0) is 13.0 Å². The van der Waals surface area contributed by atoms with Crippen LogP contribution in [0.4, 0.5) is 0 Å². The van der Waals surface area contributed by atoms with Gasteiger partial charge in [-0.1, -0.05) is 21.5 Å². The largest absolute Gasteiger partial charge is 0.298 e. The van der Waals surface area contributed by atoms with E-state index in [9.17, 15) is 4.79 Å². The second-order valence-corrected chi connectivity index (χ2v) is 4.10. The molecule has 0 saturated carbocycles. The fourth-order valence-electron chi connectivity index (χ4n) is 1.67. The Morgan fingerprint density at radius 3 is 3.00 bits per heavy atom. The van der Waals surface area contributed by atoms with Crippen LogP contribution in [0.3, 0.4) is 0 Å². The predicted octanol–water partition coefficient (Wildman–Crippen LogP) is 1.65. The van der Waals surface area contributed by atoms with Crippen LogP contribution in [0.1, 0.15) is 21.5 Å². The van der Waals surface area contributed by atoms with Gasteiger partial charge in [-0.25, -0.2) is 0 Å². The van der Waals surface area contributed by atoms with E-state index in [1.54, 1.807) is 0 Å². The maximum absolute atomic E-state index is 10.5. The molecule has 2 nitrogen and oxygen atoms in total. The van der Waals surface area contributed by atoms with Gasteiger partial charge in [0.15, 0.2) is 0 Å². The molecule has 3 heteroatoms. The Bertz CT molecular complexity index is 338. The van der Waals surface area contributed by atoms with E-state index in [0.717, 1.165) is 31.4 Å². The van der Waals surface area contributed by atoms with Crippen LogP contribution in [0.5, 0.6) is 0 Å². The first-order valence-corrected chi connectivity index (χ1v) is 4.88. The van der Waals surface area contributed by atoms with E-state index in [2.05, 4.69) is 20.1 Å². The van der Waals surface area contributed by atoms with Gasteiger partial charge in [-0.2, -0.15) is 0 Å². The van der Waals surface area contributed by atoms with Crippen molar-refractivity contribution in [2.45, 2.75) is 13.0 Å². The van der Waals surface area contributed by atoms with E-state index >= 15 is 0 Å². The number of hydrogen-bond acceptors (Lipinski definition) is 2. The van der Waals surface area contributed by atoms with Gasteiger partial charge in [-0.15, -0.1) is 0 Å². The zero-order chi connectivity index (χ0) is 9.26. The molecule has 1 heterocycles. The second-order valence-electron chi connectivity index (χ2n) is 3.37. The molecule has 1 aromatic rings. The molecule has 1 atom stereocenters. The van der Waals surface area contributed by atoms with Gasteiger partial charge in [0.05, 0.1) is 0 Å².